The predicted molar refractivity (Wildman–Crippen MR) is 77.7 cm³/mol. The van der Waals surface area contributed by atoms with Crippen molar-refractivity contribution in [3.8, 4) is 6.07 Å². The number of aldehydes is 1. The van der Waals surface area contributed by atoms with Gasteiger partial charge in [-0.05, 0) is 39.0 Å². The fourth-order valence-electron chi connectivity index (χ4n) is 1.90. The number of nitrogens with one attached hydrogen (secondary N) is 1. The molecule has 1 aromatic carbocycles. The second-order valence-corrected chi connectivity index (χ2v) is 4.74. The van der Waals surface area contributed by atoms with Crippen LogP contribution in [0.1, 0.15) is 36.7 Å². The Morgan fingerprint density at radius 3 is 2.70 bits per heavy atom. The van der Waals surface area contributed by atoms with Gasteiger partial charge in [0.05, 0.1) is 17.8 Å². The molecule has 0 aliphatic heterocycles. The van der Waals surface area contributed by atoms with Crippen molar-refractivity contribution in [1.82, 2.24) is 5.32 Å². The lowest BCUT2D eigenvalue weighted by atomic mass is 10.1. The van der Waals surface area contributed by atoms with Crippen LogP contribution in [-0.4, -0.2) is 31.3 Å². The van der Waals surface area contributed by atoms with Gasteiger partial charge < -0.3 is 10.2 Å². The van der Waals surface area contributed by atoms with Crippen LogP contribution in [0, 0.1) is 11.3 Å². The maximum absolute atomic E-state index is 11.8. The molecule has 1 rings (SSSR count). The van der Waals surface area contributed by atoms with Crippen molar-refractivity contribution in [2.45, 2.75) is 26.8 Å². The Labute approximate surface area is 119 Å². The number of benzene rings is 1. The second kappa shape index (κ2) is 7.29. The van der Waals surface area contributed by atoms with Crippen molar-refractivity contribution < 1.29 is 9.59 Å². The number of carbonyl (C=O) groups excluding carboxylic acids is 2. The molecular formula is C15H19N3O2. The molecule has 0 saturated carbocycles. The third kappa shape index (κ3) is 4.09. The summed E-state index contributed by atoms with van der Waals surface area (Å²) in [5, 5.41) is 12.0. The minimum Gasteiger partial charge on any atom is -0.361 e. The minimum absolute atomic E-state index is 0.0779. The maximum atomic E-state index is 11.8. The van der Waals surface area contributed by atoms with Crippen LogP contribution in [-0.2, 0) is 4.79 Å². The monoisotopic (exact) mass is 273 g/mol. The van der Waals surface area contributed by atoms with Crippen LogP contribution >= 0.6 is 0 Å². The lowest BCUT2D eigenvalue weighted by Crippen LogP contribution is -2.40. The molecule has 1 N–H and O–H groups in total. The normalized spacial score (nSPS) is 9.95. The third-order valence-electron chi connectivity index (χ3n) is 2.78. The standard InChI is InChI=1S/C15H19N3O2/c1-4-18(9-15(20)17-11(2)3)14-6-5-12(10-19)7-13(14)8-16/h5-7,10-11H,4,9H2,1-3H3,(H,17,20). The average molecular weight is 273 g/mol. The first-order valence-electron chi connectivity index (χ1n) is 6.55. The van der Waals surface area contributed by atoms with Gasteiger partial charge in [-0.25, -0.2) is 0 Å². The molecule has 20 heavy (non-hydrogen) atoms. The Kier molecular flexibility index (Phi) is 5.73. The zero-order valence-electron chi connectivity index (χ0n) is 12.0. The highest BCUT2D eigenvalue weighted by molar-refractivity contribution is 5.83. The van der Waals surface area contributed by atoms with Crippen LogP contribution in [0.2, 0.25) is 0 Å². The number of likely N-dealkylation sites (N-methyl/N-ethyl adjacent to an activating group) is 1. The van der Waals surface area contributed by atoms with Gasteiger partial charge in [0.25, 0.3) is 0 Å². The van der Waals surface area contributed by atoms with Gasteiger partial charge in [0.15, 0.2) is 0 Å². The molecule has 1 amide bonds. The molecule has 5 nitrogen and oxygen atoms in total. The third-order valence-corrected chi connectivity index (χ3v) is 2.78. The highest BCUT2D eigenvalue weighted by Gasteiger charge is 2.14. The van der Waals surface area contributed by atoms with E-state index in [-0.39, 0.29) is 18.5 Å². The second-order valence-electron chi connectivity index (χ2n) is 4.74. The van der Waals surface area contributed by atoms with Crippen LogP contribution < -0.4 is 10.2 Å². The summed E-state index contributed by atoms with van der Waals surface area (Å²) >= 11 is 0. The molecule has 0 fully saturated rings. The number of hydrogen-bond acceptors (Lipinski definition) is 4. The van der Waals surface area contributed by atoms with Crippen LogP contribution in [0.15, 0.2) is 18.2 Å². The summed E-state index contributed by atoms with van der Waals surface area (Å²) in [5.41, 5.74) is 1.52. The van der Waals surface area contributed by atoms with Crippen LogP contribution in [0.3, 0.4) is 0 Å². The summed E-state index contributed by atoms with van der Waals surface area (Å²) in [4.78, 5) is 24.4. The summed E-state index contributed by atoms with van der Waals surface area (Å²) in [6, 6.07) is 7.03. The number of amides is 1. The number of hydrogen-bond donors (Lipinski definition) is 1. The molecule has 0 unspecified atom stereocenters. The molecule has 0 bridgehead atoms. The molecule has 0 aromatic heterocycles. The van der Waals surface area contributed by atoms with Crippen molar-refractivity contribution in [2.75, 3.05) is 18.0 Å². The minimum atomic E-state index is -0.0924. The van der Waals surface area contributed by atoms with E-state index < -0.39 is 0 Å². The molecule has 0 aliphatic rings. The van der Waals surface area contributed by atoms with Crippen molar-refractivity contribution in [3.63, 3.8) is 0 Å². The molecule has 106 valence electrons. The highest BCUT2D eigenvalue weighted by atomic mass is 16.2. The summed E-state index contributed by atoms with van der Waals surface area (Å²) in [6.45, 7) is 6.49. The molecular weight excluding hydrogens is 254 g/mol. The fourth-order valence-corrected chi connectivity index (χ4v) is 1.90. The molecule has 1 aromatic rings. The van der Waals surface area contributed by atoms with Gasteiger partial charge in [-0.3, -0.25) is 9.59 Å². The van der Waals surface area contributed by atoms with Gasteiger partial charge in [0.2, 0.25) is 5.91 Å². The lowest BCUT2D eigenvalue weighted by molar-refractivity contribution is -0.120. The Hall–Kier alpha value is -2.35. The summed E-state index contributed by atoms with van der Waals surface area (Å²) < 4.78 is 0. The van der Waals surface area contributed by atoms with Gasteiger partial charge in [-0.1, -0.05) is 0 Å². The van der Waals surface area contributed by atoms with Crippen LogP contribution in [0.4, 0.5) is 5.69 Å². The van der Waals surface area contributed by atoms with Crippen molar-refractivity contribution in [2.24, 2.45) is 0 Å². The number of rotatable bonds is 6. The number of carbonyl (C=O) groups is 2. The summed E-state index contributed by atoms with van der Waals surface area (Å²) in [7, 11) is 0. The van der Waals surface area contributed by atoms with Gasteiger partial charge in [-0.2, -0.15) is 5.26 Å². The molecule has 5 heteroatoms. The zero-order chi connectivity index (χ0) is 15.1. The topological polar surface area (TPSA) is 73.2 Å². The van der Waals surface area contributed by atoms with E-state index in [0.717, 1.165) is 0 Å². The van der Waals surface area contributed by atoms with E-state index in [0.29, 0.717) is 29.6 Å². The first-order valence-corrected chi connectivity index (χ1v) is 6.55. The Balaban J connectivity index is 2.98. The zero-order valence-corrected chi connectivity index (χ0v) is 12.0. The number of nitrogens with zero attached hydrogens (tertiary/aromatic N) is 2. The maximum Gasteiger partial charge on any atom is 0.239 e. The Morgan fingerprint density at radius 2 is 2.20 bits per heavy atom. The van der Waals surface area contributed by atoms with E-state index in [9.17, 15) is 9.59 Å². The molecule has 0 saturated heterocycles. The van der Waals surface area contributed by atoms with Crippen molar-refractivity contribution >= 4 is 17.9 Å². The number of anilines is 1. The van der Waals surface area contributed by atoms with E-state index in [1.807, 2.05) is 25.7 Å². The van der Waals surface area contributed by atoms with E-state index >= 15 is 0 Å². The van der Waals surface area contributed by atoms with Gasteiger partial charge >= 0.3 is 0 Å². The lowest BCUT2D eigenvalue weighted by Gasteiger charge is -2.24. The van der Waals surface area contributed by atoms with Crippen LogP contribution in [0.5, 0.6) is 0 Å². The van der Waals surface area contributed by atoms with E-state index in [1.165, 1.54) is 6.07 Å². The molecule has 0 atom stereocenters. The Bertz CT molecular complexity index is 532. The fraction of sp³-hybridized carbons (Fsp3) is 0.400. The quantitative estimate of drug-likeness (QED) is 0.801. The van der Waals surface area contributed by atoms with Crippen molar-refractivity contribution in [3.05, 3.63) is 29.3 Å². The molecule has 0 heterocycles. The van der Waals surface area contributed by atoms with Crippen molar-refractivity contribution in [1.29, 1.82) is 5.26 Å². The number of nitriles is 1. The highest BCUT2D eigenvalue weighted by Crippen LogP contribution is 2.20. The van der Waals surface area contributed by atoms with Gasteiger partial charge in [-0.15, -0.1) is 0 Å². The average Bonchev–Trinajstić information content (AvgIpc) is 2.43. The van der Waals surface area contributed by atoms with E-state index in [1.54, 1.807) is 12.1 Å². The first kappa shape index (κ1) is 15.7. The summed E-state index contributed by atoms with van der Waals surface area (Å²) in [5.74, 6) is -0.0924. The smallest absolute Gasteiger partial charge is 0.239 e. The SMILES string of the molecule is CCN(CC(=O)NC(C)C)c1ccc(C=O)cc1C#N. The van der Waals surface area contributed by atoms with Gasteiger partial charge in [0, 0.05) is 18.2 Å². The van der Waals surface area contributed by atoms with E-state index in [2.05, 4.69) is 11.4 Å². The van der Waals surface area contributed by atoms with Crippen LogP contribution in [0.25, 0.3) is 0 Å². The summed E-state index contributed by atoms with van der Waals surface area (Å²) in [6.07, 6.45) is 0.701. The molecule has 0 aliphatic carbocycles. The van der Waals surface area contributed by atoms with E-state index in [4.69, 9.17) is 5.26 Å². The molecule has 0 radical (unpaired) electrons. The first-order chi connectivity index (χ1) is 9.51. The predicted octanol–water partition coefficient (Wildman–Crippen LogP) is 1.72. The Morgan fingerprint density at radius 1 is 1.50 bits per heavy atom. The largest absolute Gasteiger partial charge is 0.361 e. The van der Waals surface area contributed by atoms with Gasteiger partial charge in [0.1, 0.15) is 12.4 Å². The molecule has 0 spiro atoms.